The van der Waals surface area contributed by atoms with E-state index in [-0.39, 0.29) is 5.91 Å². The van der Waals surface area contributed by atoms with Gasteiger partial charge in [-0.25, -0.2) is 4.98 Å². The number of rotatable bonds is 6. The third-order valence-corrected chi connectivity index (χ3v) is 3.86. The van der Waals surface area contributed by atoms with Gasteiger partial charge in [0.1, 0.15) is 0 Å². The molecule has 0 aliphatic rings. The van der Waals surface area contributed by atoms with Gasteiger partial charge in [-0.1, -0.05) is 6.07 Å². The Balaban J connectivity index is 1.78. The topological polar surface area (TPSA) is 85.5 Å². The van der Waals surface area contributed by atoms with E-state index in [9.17, 15) is 4.79 Å². The molecule has 7 nitrogen and oxygen atoms in total. The predicted molar refractivity (Wildman–Crippen MR) is 93.4 cm³/mol. The molecule has 3 rings (SSSR count). The van der Waals surface area contributed by atoms with E-state index >= 15 is 0 Å². The first-order valence-electron chi connectivity index (χ1n) is 7.66. The summed E-state index contributed by atoms with van der Waals surface area (Å²) in [7, 11) is 4.54. The van der Waals surface area contributed by atoms with E-state index in [4.69, 9.17) is 14.2 Å². The summed E-state index contributed by atoms with van der Waals surface area (Å²) in [6, 6.07) is 9.03. The first-order valence-corrected chi connectivity index (χ1v) is 7.66. The molecule has 1 aromatic heterocycles. The number of aromatic nitrogens is 2. The van der Waals surface area contributed by atoms with Crippen LogP contribution >= 0.6 is 0 Å². The van der Waals surface area contributed by atoms with Crippen LogP contribution in [0, 0.1) is 0 Å². The molecule has 0 saturated heterocycles. The van der Waals surface area contributed by atoms with Crippen molar-refractivity contribution in [3.8, 4) is 17.2 Å². The molecule has 2 aromatic carbocycles. The first kappa shape index (κ1) is 16.6. The van der Waals surface area contributed by atoms with Gasteiger partial charge in [-0.3, -0.25) is 4.79 Å². The highest BCUT2D eigenvalue weighted by Crippen LogP contribution is 2.38. The number of hydrogen-bond donors (Lipinski definition) is 2. The molecule has 2 N–H and O–H groups in total. The van der Waals surface area contributed by atoms with Gasteiger partial charge in [0.05, 0.1) is 38.7 Å². The van der Waals surface area contributed by atoms with Gasteiger partial charge in [0.2, 0.25) is 5.75 Å². The molecular weight excluding hydrogens is 322 g/mol. The van der Waals surface area contributed by atoms with Crippen molar-refractivity contribution >= 4 is 16.9 Å². The average Bonchev–Trinajstić information content (AvgIpc) is 3.12. The number of carbonyl (C=O) groups excluding carboxylic acids is 1. The van der Waals surface area contributed by atoms with Crippen LogP contribution in [0.1, 0.15) is 15.9 Å². The molecule has 3 aromatic rings. The lowest BCUT2D eigenvalue weighted by Gasteiger charge is -2.14. The Hall–Kier alpha value is -3.22. The number of ether oxygens (including phenoxy) is 3. The zero-order valence-corrected chi connectivity index (χ0v) is 14.3. The Morgan fingerprint density at radius 2 is 1.80 bits per heavy atom. The van der Waals surface area contributed by atoms with Crippen LogP contribution in [0.4, 0.5) is 0 Å². The SMILES string of the molecule is COc1cc(C(=O)NCc2ccc3nc[nH]c3c2)cc(OC)c1OC. The summed E-state index contributed by atoms with van der Waals surface area (Å²) in [5.74, 6) is 1.09. The Labute approximate surface area is 144 Å². The number of aromatic amines is 1. The van der Waals surface area contributed by atoms with E-state index in [1.54, 1.807) is 18.5 Å². The number of fused-ring (bicyclic) bond motifs is 1. The van der Waals surface area contributed by atoms with Crippen LogP contribution in [0.25, 0.3) is 11.0 Å². The molecule has 0 radical (unpaired) electrons. The van der Waals surface area contributed by atoms with E-state index in [0.717, 1.165) is 16.6 Å². The minimum absolute atomic E-state index is 0.232. The number of H-pyrrole nitrogens is 1. The van der Waals surface area contributed by atoms with Crippen molar-refractivity contribution in [2.45, 2.75) is 6.54 Å². The molecule has 0 unspecified atom stereocenters. The van der Waals surface area contributed by atoms with E-state index in [2.05, 4.69) is 15.3 Å². The fourth-order valence-corrected chi connectivity index (χ4v) is 2.59. The Bertz CT molecular complexity index is 879. The van der Waals surface area contributed by atoms with Gasteiger partial charge < -0.3 is 24.5 Å². The van der Waals surface area contributed by atoms with Crippen molar-refractivity contribution in [1.29, 1.82) is 0 Å². The van der Waals surface area contributed by atoms with Crippen LogP contribution in [0.5, 0.6) is 17.2 Å². The van der Waals surface area contributed by atoms with Gasteiger partial charge in [0.25, 0.3) is 5.91 Å². The second-order valence-corrected chi connectivity index (χ2v) is 5.35. The van der Waals surface area contributed by atoms with Crippen molar-refractivity contribution in [2.24, 2.45) is 0 Å². The summed E-state index contributed by atoms with van der Waals surface area (Å²) in [5.41, 5.74) is 3.22. The fraction of sp³-hybridized carbons (Fsp3) is 0.222. The lowest BCUT2D eigenvalue weighted by molar-refractivity contribution is 0.0950. The smallest absolute Gasteiger partial charge is 0.251 e. The lowest BCUT2D eigenvalue weighted by atomic mass is 10.1. The molecule has 0 atom stereocenters. The van der Waals surface area contributed by atoms with Crippen LogP contribution in [0.2, 0.25) is 0 Å². The maximum absolute atomic E-state index is 12.5. The number of hydrogen-bond acceptors (Lipinski definition) is 5. The summed E-state index contributed by atoms with van der Waals surface area (Å²) in [6.07, 6.45) is 1.64. The van der Waals surface area contributed by atoms with Crippen molar-refractivity contribution in [1.82, 2.24) is 15.3 Å². The minimum atomic E-state index is -0.232. The molecule has 1 amide bonds. The maximum Gasteiger partial charge on any atom is 0.251 e. The molecule has 130 valence electrons. The average molecular weight is 341 g/mol. The van der Waals surface area contributed by atoms with Crippen LogP contribution in [0.3, 0.4) is 0 Å². The number of nitrogens with one attached hydrogen (secondary N) is 2. The van der Waals surface area contributed by atoms with Crippen molar-refractivity contribution in [3.63, 3.8) is 0 Å². The molecule has 0 saturated carbocycles. The molecule has 7 heteroatoms. The van der Waals surface area contributed by atoms with E-state index in [0.29, 0.717) is 29.4 Å². The largest absolute Gasteiger partial charge is 0.493 e. The van der Waals surface area contributed by atoms with E-state index < -0.39 is 0 Å². The quantitative estimate of drug-likeness (QED) is 0.719. The molecule has 1 heterocycles. The molecular formula is C18H19N3O4. The number of nitrogens with zero attached hydrogens (tertiary/aromatic N) is 1. The molecule has 0 bridgehead atoms. The van der Waals surface area contributed by atoms with E-state index in [1.165, 1.54) is 21.3 Å². The Morgan fingerprint density at radius 3 is 2.44 bits per heavy atom. The minimum Gasteiger partial charge on any atom is -0.493 e. The lowest BCUT2D eigenvalue weighted by Crippen LogP contribution is -2.23. The number of carbonyl (C=O) groups is 1. The zero-order chi connectivity index (χ0) is 17.8. The summed E-state index contributed by atoms with van der Waals surface area (Å²) in [4.78, 5) is 19.7. The molecule has 0 aliphatic carbocycles. The van der Waals surface area contributed by atoms with Gasteiger partial charge in [-0.15, -0.1) is 0 Å². The second-order valence-electron chi connectivity index (χ2n) is 5.35. The van der Waals surface area contributed by atoms with Crippen LogP contribution in [0.15, 0.2) is 36.7 Å². The van der Waals surface area contributed by atoms with Crippen LogP contribution < -0.4 is 19.5 Å². The molecule has 0 aliphatic heterocycles. The van der Waals surface area contributed by atoms with Crippen molar-refractivity contribution < 1.29 is 19.0 Å². The molecule has 0 spiro atoms. The summed E-state index contributed by atoms with van der Waals surface area (Å²) < 4.78 is 15.8. The first-order chi connectivity index (χ1) is 12.2. The molecule has 25 heavy (non-hydrogen) atoms. The second kappa shape index (κ2) is 7.12. The maximum atomic E-state index is 12.5. The van der Waals surface area contributed by atoms with Gasteiger partial charge in [-0.2, -0.15) is 0 Å². The predicted octanol–water partition coefficient (Wildman–Crippen LogP) is 2.52. The number of methoxy groups -OCH3 is 3. The summed E-state index contributed by atoms with van der Waals surface area (Å²) >= 11 is 0. The van der Waals surface area contributed by atoms with Gasteiger partial charge in [0.15, 0.2) is 11.5 Å². The van der Waals surface area contributed by atoms with Crippen LogP contribution in [-0.4, -0.2) is 37.2 Å². The van der Waals surface area contributed by atoms with Gasteiger partial charge in [-0.05, 0) is 29.8 Å². The van der Waals surface area contributed by atoms with Gasteiger partial charge >= 0.3 is 0 Å². The third-order valence-electron chi connectivity index (χ3n) is 3.86. The number of amides is 1. The Kier molecular flexibility index (Phi) is 4.74. The fourth-order valence-electron chi connectivity index (χ4n) is 2.59. The highest BCUT2D eigenvalue weighted by atomic mass is 16.5. The summed E-state index contributed by atoms with van der Waals surface area (Å²) in [5, 5.41) is 2.89. The number of benzene rings is 2. The highest BCUT2D eigenvalue weighted by Gasteiger charge is 2.16. The van der Waals surface area contributed by atoms with E-state index in [1.807, 2.05) is 18.2 Å². The summed E-state index contributed by atoms with van der Waals surface area (Å²) in [6.45, 7) is 0.393. The number of imidazole rings is 1. The standard InChI is InChI=1S/C18H19N3O4/c1-23-15-7-12(8-16(24-2)17(15)25-3)18(22)19-9-11-4-5-13-14(6-11)21-10-20-13/h4-8,10H,9H2,1-3H3,(H,19,22)(H,20,21). The Morgan fingerprint density at radius 1 is 1.08 bits per heavy atom. The van der Waals surface area contributed by atoms with Crippen molar-refractivity contribution in [3.05, 3.63) is 47.8 Å². The van der Waals surface area contributed by atoms with Gasteiger partial charge in [0, 0.05) is 12.1 Å². The van der Waals surface area contributed by atoms with Crippen molar-refractivity contribution in [2.75, 3.05) is 21.3 Å². The third kappa shape index (κ3) is 3.35. The monoisotopic (exact) mass is 341 g/mol. The highest BCUT2D eigenvalue weighted by molar-refractivity contribution is 5.95. The van der Waals surface area contributed by atoms with Crippen LogP contribution in [-0.2, 0) is 6.54 Å². The molecule has 0 fully saturated rings. The normalized spacial score (nSPS) is 10.5. The zero-order valence-electron chi connectivity index (χ0n) is 14.3.